The molecule has 0 amide bonds. The first-order valence-electron chi connectivity index (χ1n) is 5.90. The number of rotatable bonds is 4. The van der Waals surface area contributed by atoms with E-state index in [9.17, 15) is 4.79 Å². The van der Waals surface area contributed by atoms with Crippen molar-refractivity contribution in [1.29, 1.82) is 0 Å². The van der Waals surface area contributed by atoms with Crippen molar-refractivity contribution in [3.8, 4) is 0 Å². The minimum absolute atomic E-state index is 0.00565. The molecular weight excluding hydrogens is 198 g/mol. The summed E-state index contributed by atoms with van der Waals surface area (Å²) in [6.45, 7) is 18.5. The van der Waals surface area contributed by atoms with Crippen LogP contribution in [-0.2, 0) is 4.79 Å². The predicted octanol–water partition coefficient (Wildman–Crippen LogP) is 3.32. The summed E-state index contributed by atoms with van der Waals surface area (Å²) in [6, 6.07) is 0.0671. The molecule has 0 saturated heterocycles. The molecule has 2 nitrogen and oxygen atoms in total. The molecule has 0 bridgehead atoms. The Morgan fingerprint density at radius 1 is 1.19 bits per heavy atom. The molecule has 0 aromatic heterocycles. The van der Waals surface area contributed by atoms with Crippen molar-refractivity contribution in [3.63, 3.8) is 0 Å². The van der Waals surface area contributed by atoms with Gasteiger partial charge in [0.25, 0.3) is 0 Å². The fourth-order valence-corrected chi connectivity index (χ4v) is 1.59. The van der Waals surface area contributed by atoms with E-state index >= 15 is 0 Å². The van der Waals surface area contributed by atoms with E-state index in [2.05, 4.69) is 53.4 Å². The minimum Gasteiger partial charge on any atom is -0.305 e. The summed E-state index contributed by atoms with van der Waals surface area (Å²) in [5, 5.41) is 3.47. The second-order valence-electron chi connectivity index (χ2n) is 6.63. The van der Waals surface area contributed by atoms with Gasteiger partial charge in [-0.15, -0.1) is 0 Å². The molecule has 0 heterocycles. The number of hydrogen-bond donors (Lipinski definition) is 1. The second-order valence-corrected chi connectivity index (χ2v) is 6.63. The normalized spacial score (nSPS) is 14.7. The van der Waals surface area contributed by atoms with Crippen molar-refractivity contribution >= 4 is 5.78 Å². The molecule has 0 aliphatic rings. The number of ketones is 1. The van der Waals surface area contributed by atoms with Crippen molar-refractivity contribution in [3.05, 3.63) is 12.2 Å². The van der Waals surface area contributed by atoms with Crippen LogP contribution in [0.5, 0.6) is 0 Å². The lowest BCUT2D eigenvalue weighted by Gasteiger charge is -2.35. The van der Waals surface area contributed by atoms with E-state index in [-0.39, 0.29) is 22.8 Å². The molecule has 0 aromatic carbocycles. The number of carbonyl (C=O) groups excluding carboxylic acids is 1. The van der Waals surface area contributed by atoms with Gasteiger partial charge in [-0.1, -0.05) is 32.9 Å². The Balaban J connectivity index is 4.81. The summed E-state index contributed by atoms with van der Waals surface area (Å²) in [4.78, 5) is 11.3. The Hall–Kier alpha value is -0.630. The van der Waals surface area contributed by atoms with Crippen LogP contribution in [0.25, 0.3) is 0 Å². The molecule has 0 rings (SSSR count). The van der Waals surface area contributed by atoms with E-state index in [4.69, 9.17) is 0 Å². The summed E-state index contributed by atoms with van der Waals surface area (Å²) < 4.78 is 0. The summed E-state index contributed by atoms with van der Waals surface area (Å²) in [6.07, 6.45) is 0.521. The highest BCUT2D eigenvalue weighted by molar-refractivity contribution is 5.76. The fraction of sp³-hybridized carbons (Fsp3) is 0.786. The van der Waals surface area contributed by atoms with Crippen LogP contribution in [0.1, 0.15) is 54.9 Å². The summed E-state index contributed by atoms with van der Waals surface area (Å²) in [7, 11) is 0. The molecule has 1 atom stereocenters. The smallest absolute Gasteiger partial charge is 0.131 e. The van der Waals surface area contributed by atoms with Gasteiger partial charge >= 0.3 is 0 Å². The summed E-state index contributed by atoms with van der Waals surface area (Å²) in [5.41, 5.74) is 1.12. The molecule has 0 saturated carbocycles. The molecule has 0 aromatic rings. The van der Waals surface area contributed by atoms with Gasteiger partial charge in [0.1, 0.15) is 5.78 Å². The van der Waals surface area contributed by atoms with Gasteiger partial charge in [0.15, 0.2) is 0 Å². The van der Waals surface area contributed by atoms with Gasteiger partial charge < -0.3 is 5.32 Å². The minimum atomic E-state index is -0.00565. The molecule has 0 spiro atoms. The van der Waals surface area contributed by atoms with Crippen molar-refractivity contribution in [2.45, 2.75) is 66.5 Å². The Kier molecular flexibility index (Phi) is 4.93. The molecular formula is C14H27NO. The maximum Gasteiger partial charge on any atom is 0.131 e. The number of nitrogens with one attached hydrogen (secondary N) is 1. The SMILES string of the molecule is C=C(C(CC(C)=O)NC(C)(C)C)C(C)(C)C. The Morgan fingerprint density at radius 2 is 1.62 bits per heavy atom. The zero-order chi connectivity index (χ0) is 13.1. The van der Waals surface area contributed by atoms with Gasteiger partial charge in [0.2, 0.25) is 0 Å². The van der Waals surface area contributed by atoms with E-state index in [1.807, 2.05) is 0 Å². The van der Waals surface area contributed by atoms with Gasteiger partial charge in [-0.2, -0.15) is 0 Å². The van der Waals surface area contributed by atoms with Crippen LogP contribution in [0, 0.1) is 5.41 Å². The second kappa shape index (κ2) is 5.13. The molecule has 1 unspecified atom stereocenters. The zero-order valence-electron chi connectivity index (χ0n) is 11.9. The van der Waals surface area contributed by atoms with Crippen LogP contribution in [0.2, 0.25) is 0 Å². The van der Waals surface area contributed by atoms with Crippen LogP contribution < -0.4 is 5.32 Å². The van der Waals surface area contributed by atoms with Crippen molar-refractivity contribution in [2.24, 2.45) is 5.41 Å². The predicted molar refractivity (Wildman–Crippen MR) is 70.6 cm³/mol. The van der Waals surface area contributed by atoms with Crippen LogP contribution in [0.4, 0.5) is 0 Å². The first kappa shape index (κ1) is 15.4. The number of carbonyl (C=O) groups is 1. The highest BCUT2D eigenvalue weighted by Crippen LogP contribution is 2.28. The van der Waals surface area contributed by atoms with E-state index in [0.717, 1.165) is 5.57 Å². The van der Waals surface area contributed by atoms with E-state index in [1.165, 1.54) is 0 Å². The van der Waals surface area contributed by atoms with Gasteiger partial charge in [-0.3, -0.25) is 4.79 Å². The monoisotopic (exact) mass is 225 g/mol. The zero-order valence-corrected chi connectivity index (χ0v) is 11.9. The topological polar surface area (TPSA) is 29.1 Å². The maximum absolute atomic E-state index is 11.3. The molecule has 0 fully saturated rings. The fourth-order valence-electron chi connectivity index (χ4n) is 1.59. The summed E-state index contributed by atoms with van der Waals surface area (Å²) >= 11 is 0. The average molecular weight is 225 g/mol. The Bertz CT molecular complexity index is 265. The first-order chi connectivity index (χ1) is 6.93. The van der Waals surface area contributed by atoms with Gasteiger partial charge in [-0.25, -0.2) is 0 Å². The lowest BCUT2D eigenvalue weighted by molar-refractivity contribution is -0.117. The van der Waals surface area contributed by atoms with Crippen LogP contribution in [0.3, 0.4) is 0 Å². The largest absolute Gasteiger partial charge is 0.305 e. The number of hydrogen-bond acceptors (Lipinski definition) is 2. The Labute approximate surface area is 101 Å². The third-order valence-corrected chi connectivity index (χ3v) is 2.48. The lowest BCUT2D eigenvalue weighted by atomic mass is 9.81. The highest BCUT2D eigenvalue weighted by Gasteiger charge is 2.27. The molecule has 0 radical (unpaired) electrons. The van der Waals surface area contributed by atoms with Crippen LogP contribution in [-0.4, -0.2) is 17.4 Å². The summed E-state index contributed by atoms with van der Waals surface area (Å²) in [5.74, 6) is 0.201. The standard InChI is InChI=1S/C14H27NO/c1-10(16)9-12(15-14(6,7)8)11(2)13(3,4)5/h12,15H,2,9H2,1,3-8H3. The van der Waals surface area contributed by atoms with E-state index in [1.54, 1.807) is 6.92 Å². The molecule has 94 valence electrons. The van der Waals surface area contributed by atoms with Crippen molar-refractivity contribution in [2.75, 3.05) is 0 Å². The molecule has 2 heteroatoms. The van der Waals surface area contributed by atoms with Crippen LogP contribution in [0.15, 0.2) is 12.2 Å². The molecule has 0 aliphatic heterocycles. The Morgan fingerprint density at radius 3 is 1.88 bits per heavy atom. The third-order valence-electron chi connectivity index (χ3n) is 2.48. The average Bonchev–Trinajstić information content (AvgIpc) is 1.96. The first-order valence-corrected chi connectivity index (χ1v) is 5.90. The third kappa shape index (κ3) is 6.06. The van der Waals surface area contributed by atoms with Gasteiger partial charge in [0.05, 0.1) is 0 Å². The van der Waals surface area contributed by atoms with Crippen LogP contribution >= 0.6 is 0 Å². The van der Waals surface area contributed by atoms with Crippen molar-refractivity contribution in [1.82, 2.24) is 5.32 Å². The number of Topliss-reactive ketones (excluding diaryl/α,β-unsaturated/α-hetero) is 1. The lowest BCUT2D eigenvalue weighted by Crippen LogP contribution is -2.47. The van der Waals surface area contributed by atoms with Gasteiger partial charge in [0, 0.05) is 18.0 Å². The molecule has 0 aliphatic carbocycles. The van der Waals surface area contributed by atoms with E-state index in [0.29, 0.717) is 6.42 Å². The molecule has 1 N–H and O–H groups in total. The van der Waals surface area contributed by atoms with Crippen molar-refractivity contribution < 1.29 is 4.79 Å². The molecule has 16 heavy (non-hydrogen) atoms. The van der Waals surface area contributed by atoms with Gasteiger partial charge in [-0.05, 0) is 33.1 Å². The van der Waals surface area contributed by atoms with E-state index < -0.39 is 0 Å². The quantitative estimate of drug-likeness (QED) is 0.744. The highest BCUT2D eigenvalue weighted by atomic mass is 16.1. The maximum atomic E-state index is 11.3.